The fraction of sp³-hybridized carbons (Fsp3) is 0.812. The highest BCUT2D eigenvalue weighted by molar-refractivity contribution is 6.02. The van der Waals surface area contributed by atoms with Crippen LogP contribution in [0.2, 0.25) is 0 Å². The topological polar surface area (TPSA) is 87.0 Å². The van der Waals surface area contributed by atoms with Crippen LogP contribution < -0.4 is 5.32 Å². The van der Waals surface area contributed by atoms with E-state index < -0.39 is 5.41 Å². The first kappa shape index (κ1) is 26.6. The zero-order valence-electron chi connectivity index (χ0n) is 24.0. The van der Waals surface area contributed by atoms with Crippen molar-refractivity contribution in [3.8, 4) is 6.07 Å². The number of fused-ring (bicyclic) bond motifs is 7. The quantitative estimate of drug-likeness (QED) is 0.495. The van der Waals surface area contributed by atoms with Crippen molar-refractivity contribution in [3.05, 3.63) is 11.6 Å². The largest absolute Gasteiger partial charge is 0.356 e. The third kappa shape index (κ3) is 3.36. The van der Waals surface area contributed by atoms with Crippen molar-refractivity contribution in [2.75, 3.05) is 6.54 Å². The summed E-state index contributed by atoms with van der Waals surface area (Å²) >= 11 is 0. The van der Waals surface area contributed by atoms with Crippen molar-refractivity contribution in [1.29, 1.82) is 5.26 Å². The lowest BCUT2D eigenvalue weighted by molar-refractivity contribution is -0.218. The molecule has 1 amide bonds. The minimum absolute atomic E-state index is 0.0337. The molecular formula is C32H46N2O3. The molecule has 0 aromatic heterocycles. The van der Waals surface area contributed by atoms with Crippen molar-refractivity contribution in [1.82, 2.24) is 5.32 Å². The third-order valence-corrected chi connectivity index (χ3v) is 12.9. The van der Waals surface area contributed by atoms with Crippen LogP contribution in [0.4, 0.5) is 0 Å². The first-order valence-corrected chi connectivity index (χ1v) is 14.7. The number of nitrogens with one attached hydrogen (secondary N) is 1. The average molecular weight is 507 g/mol. The maximum absolute atomic E-state index is 14.4. The molecule has 5 rings (SSSR count). The van der Waals surface area contributed by atoms with Gasteiger partial charge in [-0.15, -0.1) is 0 Å². The zero-order valence-corrected chi connectivity index (χ0v) is 24.0. The van der Waals surface area contributed by atoms with Crippen LogP contribution in [0.3, 0.4) is 0 Å². The number of hydrogen-bond acceptors (Lipinski definition) is 4. The molecule has 0 radical (unpaired) electrons. The first-order valence-electron chi connectivity index (χ1n) is 14.7. The molecule has 0 bridgehead atoms. The van der Waals surface area contributed by atoms with Gasteiger partial charge in [0.25, 0.3) is 0 Å². The molecule has 1 N–H and O–H groups in total. The van der Waals surface area contributed by atoms with Gasteiger partial charge >= 0.3 is 0 Å². The van der Waals surface area contributed by atoms with Crippen molar-refractivity contribution in [2.45, 2.75) is 99.8 Å². The van der Waals surface area contributed by atoms with E-state index >= 15 is 0 Å². The van der Waals surface area contributed by atoms with E-state index in [-0.39, 0.29) is 68.5 Å². The number of allylic oxidation sites excluding steroid dienone is 2. The van der Waals surface area contributed by atoms with E-state index in [9.17, 15) is 19.6 Å². The number of Topliss-reactive ketones (excluding diaryl/α,β-unsaturated/α-hetero) is 2. The standard InChI is InChI=1S/C32H46N2O3/c1-8-34-27(37)32-13-11-28(3,4)17-22(32)25-23(35)15-24-29(5)16-20(18-33)26(36)19(2)21(29)9-10-30(24,6)31(25,7)12-14-32/h16,19,21-22,24-25H,8-15,17H2,1-7H3,(H,34,37)/t19-,21-,22+,24+,25?,29-,30+,31+,32-/m0/s1. The van der Waals surface area contributed by atoms with E-state index in [0.29, 0.717) is 18.7 Å². The third-order valence-electron chi connectivity index (χ3n) is 12.9. The first-order chi connectivity index (χ1) is 17.2. The summed E-state index contributed by atoms with van der Waals surface area (Å²) < 4.78 is 0. The van der Waals surface area contributed by atoms with Crippen molar-refractivity contribution >= 4 is 17.5 Å². The SMILES string of the molecule is CCNC(=O)[C@]12CCC(C)(C)C[C@@H]1C1C(=O)C[C@@H]3[C@@]4(C)C=C(C#N)C(=O)[C@@H](C)[C@@H]4CC[C@@]3(C)[C@]1(C)CC2. The van der Waals surface area contributed by atoms with Crippen LogP contribution in [0.5, 0.6) is 0 Å². The highest BCUT2D eigenvalue weighted by Gasteiger charge is 2.72. The molecule has 0 spiro atoms. The van der Waals surface area contributed by atoms with Crippen molar-refractivity contribution in [2.24, 2.45) is 56.7 Å². The van der Waals surface area contributed by atoms with Gasteiger partial charge in [0.2, 0.25) is 5.91 Å². The molecule has 4 fully saturated rings. The molecule has 4 saturated carbocycles. The van der Waals surface area contributed by atoms with Crippen LogP contribution in [-0.4, -0.2) is 24.0 Å². The number of carbonyl (C=O) groups is 3. The summed E-state index contributed by atoms with van der Waals surface area (Å²) in [7, 11) is 0. The molecule has 1 unspecified atom stereocenters. The monoisotopic (exact) mass is 506 g/mol. The molecule has 0 heterocycles. The Morgan fingerprint density at radius 2 is 1.70 bits per heavy atom. The van der Waals surface area contributed by atoms with Gasteiger partial charge in [-0.05, 0) is 91.3 Å². The summed E-state index contributed by atoms with van der Waals surface area (Å²) in [6.07, 6.45) is 8.92. The number of ketones is 2. The second kappa shape index (κ2) is 8.27. The van der Waals surface area contributed by atoms with Crippen LogP contribution in [0.25, 0.3) is 0 Å². The van der Waals surface area contributed by atoms with Gasteiger partial charge in [0, 0.05) is 24.8 Å². The summed E-state index contributed by atoms with van der Waals surface area (Å²) in [6, 6.07) is 2.19. The molecule has 0 aromatic carbocycles. The molecule has 0 aromatic rings. The average Bonchev–Trinajstić information content (AvgIpc) is 2.82. The van der Waals surface area contributed by atoms with E-state index in [2.05, 4.69) is 46.0 Å². The predicted molar refractivity (Wildman–Crippen MR) is 143 cm³/mol. The van der Waals surface area contributed by atoms with E-state index in [0.717, 1.165) is 44.9 Å². The summed E-state index contributed by atoms with van der Waals surface area (Å²) in [5.74, 6) is 0.462. The minimum atomic E-state index is -0.449. The van der Waals surface area contributed by atoms with Crippen LogP contribution in [-0.2, 0) is 14.4 Å². The van der Waals surface area contributed by atoms with Gasteiger partial charge in [0.1, 0.15) is 11.9 Å². The molecule has 202 valence electrons. The van der Waals surface area contributed by atoms with E-state index in [1.165, 1.54) is 0 Å². The van der Waals surface area contributed by atoms with Gasteiger partial charge < -0.3 is 5.32 Å². The van der Waals surface area contributed by atoms with Crippen molar-refractivity contribution in [3.63, 3.8) is 0 Å². The normalized spacial score (nSPS) is 48.4. The highest BCUT2D eigenvalue weighted by atomic mass is 16.2. The Labute approximate surface area is 223 Å². The molecule has 5 aliphatic rings. The summed E-state index contributed by atoms with van der Waals surface area (Å²) in [4.78, 5) is 41.1. The van der Waals surface area contributed by atoms with Crippen LogP contribution in [0, 0.1) is 68.0 Å². The van der Waals surface area contributed by atoms with Gasteiger partial charge in [-0.2, -0.15) is 5.26 Å². The number of carbonyl (C=O) groups excluding carboxylic acids is 3. The number of amides is 1. The van der Waals surface area contributed by atoms with Crippen molar-refractivity contribution < 1.29 is 14.4 Å². The number of hydrogen-bond donors (Lipinski definition) is 1. The van der Waals surface area contributed by atoms with Gasteiger partial charge in [-0.1, -0.05) is 47.6 Å². The number of nitrogens with zero attached hydrogens (tertiary/aromatic N) is 1. The molecule has 0 saturated heterocycles. The zero-order chi connectivity index (χ0) is 27.2. The Balaban J connectivity index is 1.62. The van der Waals surface area contributed by atoms with Gasteiger partial charge in [0.05, 0.1) is 11.0 Å². The lowest BCUT2D eigenvalue weighted by atomic mass is 9.32. The Bertz CT molecular complexity index is 1120. The van der Waals surface area contributed by atoms with Gasteiger partial charge in [0.15, 0.2) is 5.78 Å². The fourth-order valence-electron chi connectivity index (χ4n) is 10.7. The van der Waals surface area contributed by atoms with E-state index in [4.69, 9.17) is 0 Å². The number of nitriles is 1. The second-order valence-electron chi connectivity index (χ2n) is 14.9. The van der Waals surface area contributed by atoms with E-state index in [1.54, 1.807) is 0 Å². The Hall–Kier alpha value is -1.96. The molecule has 9 atom stereocenters. The lowest BCUT2D eigenvalue weighted by Crippen LogP contribution is -2.69. The van der Waals surface area contributed by atoms with Crippen LogP contribution >= 0.6 is 0 Å². The maximum atomic E-state index is 14.4. The van der Waals surface area contributed by atoms with Crippen LogP contribution in [0.1, 0.15) is 99.8 Å². The van der Waals surface area contributed by atoms with Gasteiger partial charge in [-0.3, -0.25) is 14.4 Å². The number of rotatable bonds is 2. The Morgan fingerprint density at radius 3 is 2.35 bits per heavy atom. The van der Waals surface area contributed by atoms with Gasteiger partial charge in [-0.25, -0.2) is 0 Å². The van der Waals surface area contributed by atoms with E-state index in [1.807, 2.05) is 19.9 Å². The summed E-state index contributed by atoms with van der Waals surface area (Å²) in [5.41, 5.74) is -0.708. The smallest absolute Gasteiger partial charge is 0.226 e. The molecule has 5 aliphatic carbocycles. The Morgan fingerprint density at radius 1 is 1.03 bits per heavy atom. The maximum Gasteiger partial charge on any atom is 0.226 e. The molecule has 0 aliphatic heterocycles. The molecule has 5 nitrogen and oxygen atoms in total. The summed E-state index contributed by atoms with van der Waals surface area (Å²) in [6.45, 7) is 16.2. The molecular weight excluding hydrogens is 460 g/mol. The lowest BCUT2D eigenvalue weighted by Gasteiger charge is -2.71. The second-order valence-corrected chi connectivity index (χ2v) is 14.9. The fourth-order valence-corrected chi connectivity index (χ4v) is 10.7. The molecule has 37 heavy (non-hydrogen) atoms. The predicted octanol–water partition coefficient (Wildman–Crippen LogP) is 6.03. The Kier molecular flexibility index (Phi) is 5.95. The van der Waals surface area contributed by atoms with Crippen LogP contribution in [0.15, 0.2) is 11.6 Å². The minimum Gasteiger partial charge on any atom is -0.356 e. The highest BCUT2D eigenvalue weighted by Crippen LogP contribution is 2.75. The summed E-state index contributed by atoms with van der Waals surface area (Å²) in [5, 5.41) is 13.0. The molecule has 5 heteroatoms.